The molecular weight excluding hydrogens is 371 g/mol. The van der Waals surface area contributed by atoms with Gasteiger partial charge in [-0.2, -0.15) is 13.2 Å². The van der Waals surface area contributed by atoms with Gasteiger partial charge in [0, 0.05) is 23.3 Å². The highest BCUT2D eigenvalue weighted by Gasteiger charge is 2.50. The fraction of sp³-hybridized carbons (Fsp3) is 0.238. The normalized spacial score (nSPS) is 21.6. The Morgan fingerprint density at radius 2 is 1.75 bits per heavy atom. The van der Waals surface area contributed by atoms with Crippen LogP contribution < -0.4 is 5.32 Å². The predicted molar refractivity (Wildman–Crippen MR) is 96.6 cm³/mol. The number of hydrogen-bond donors (Lipinski definition) is 1. The van der Waals surface area contributed by atoms with Crippen molar-refractivity contribution in [1.82, 2.24) is 5.32 Å². The van der Waals surface area contributed by atoms with E-state index in [1.165, 1.54) is 32.4 Å². The van der Waals surface area contributed by atoms with Crippen LogP contribution in [-0.2, 0) is 15.7 Å². The van der Waals surface area contributed by atoms with Crippen molar-refractivity contribution in [2.24, 2.45) is 0 Å². The molecule has 1 aliphatic rings. The number of hydrogen-bond acceptors (Lipinski definition) is 4. The zero-order valence-electron chi connectivity index (χ0n) is 15.2. The summed E-state index contributed by atoms with van der Waals surface area (Å²) in [5, 5.41) is 2.85. The number of ketones is 1. The number of esters is 1. The van der Waals surface area contributed by atoms with E-state index < -0.39 is 29.2 Å². The molecule has 0 aromatic heterocycles. The van der Waals surface area contributed by atoms with E-state index in [1.54, 1.807) is 30.3 Å². The highest BCUT2D eigenvalue weighted by atomic mass is 19.4. The summed E-state index contributed by atoms with van der Waals surface area (Å²) in [6, 6.07) is 13.0. The zero-order chi connectivity index (χ0) is 20.5. The first kappa shape index (κ1) is 19.7. The van der Waals surface area contributed by atoms with Crippen LogP contribution in [0.3, 0.4) is 0 Å². The molecule has 2 atom stereocenters. The third kappa shape index (κ3) is 3.40. The number of rotatable bonds is 4. The number of carbonyl (C=O) groups excluding carboxylic acids is 2. The lowest BCUT2D eigenvalue weighted by Gasteiger charge is -2.31. The molecule has 4 nitrogen and oxygen atoms in total. The van der Waals surface area contributed by atoms with Crippen molar-refractivity contribution in [3.63, 3.8) is 0 Å². The van der Waals surface area contributed by atoms with Crippen LogP contribution in [0.4, 0.5) is 13.2 Å². The Kier molecular flexibility index (Phi) is 5.02. The molecule has 2 aromatic carbocycles. The van der Waals surface area contributed by atoms with Gasteiger partial charge in [0.1, 0.15) is 5.54 Å². The third-order valence-corrected chi connectivity index (χ3v) is 4.87. The van der Waals surface area contributed by atoms with E-state index in [4.69, 9.17) is 4.74 Å². The number of ether oxygens (including phenoxy) is 1. The average Bonchev–Trinajstić information content (AvgIpc) is 3.05. The molecule has 146 valence electrons. The molecule has 28 heavy (non-hydrogen) atoms. The minimum absolute atomic E-state index is 0.193. The molecule has 0 saturated heterocycles. The minimum atomic E-state index is -4.54. The van der Waals surface area contributed by atoms with Gasteiger partial charge in [-0.05, 0) is 18.6 Å². The van der Waals surface area contributed by atoms with Gasteiger partial charge in [-0.3, -0.25) is 4.79 Å². The highest BCUT2D eigenvalue weighted by Crippen LogP contribution is 2.42. The highest BCUT2D eigenvalue weighted by molar-refractivity contribution is 6.11. The fourth-order valence-electron chi connectivity index (χ4n) is 3.45. The van der Waals surface area contributed by atoms with Crippen molar-refractivity contribution in [1.29, 1.82) is 0 Å². The molecule has 1 N–H and O–H groups in total. The van der Waals surface area contributed by atoms with Crippen molar-refractivity contribution in [2.75, 3.05) is 7.11 Å². The molecule has 0 radical (unpaired) electrons. The maximum absolute atomic E-state index is 13.2. The monoisotopic (exact) mass is 389 g/mol. The maximum atomic E-state index is 13.2. The van der Waals surface area contributed by atoms with Gasteiger partial charge in [0.25, 0.3) is 0 Å². The SMILES string of the molecule is COC(=O)[C@]1(C)NC=C(C(=O)c2ccccc2)[C@@H]1c1cccc(C(F)(F)F)c1. The van der Waals surface area contributed by atoms with E-state index in [9.17, 15) is 22.8 Å². The van der Waals surface area contributed by atoms with Gasteiger partial charge in [0.05, 0.1) is 12.7 Å². The number of Topliss-reactive ketones (excluding diaryl/α,β-unsaturated/α-hetero) is 1. The quantitative estimate of drug-likeness (QED) is 0.632. The maximum Gasteiger partial charge on any atom is 0.416 e. The lowest BCUT2D eigenvalue weighted by molar-refractivity contribution is -0.147. The predicted octanol–water partition coefficient (Wildman–Crippen LogP) is 4.09. The summed E-state index contributed by atoms with van der Waals surface area (Å²) in [6.45, 7) is 1.51. The van der Waals surface area contributed by atoms with Gasteiger partial charge >= 0.3 is 12.1 Å². The Morgan fingerprint density at radius 1 is 1.07 bits per heavy atom. The van der Waals surface area contributed by atoms with Crippen LogP contribution in [-0.4, -0.2) is 24.4 Å². The fourth-order valence-corrected chi connectivity index (χ4v) is 3.45. The van der Waals surface area contributed by atoms with Crippen LogP contribution in [0.5, 0.6) is 0 Å². The number of nitrogens with one attached hydrogen (secondary N) is 1. The summed E-state index contributed by atoms with van der Waals surface area (Å²) < 4.78 is 44.5. The molecule has 0 amide bonds. The van der Waals surface area contributed by atoms with Gasteiger partial charge < -0.3 is 10.1 Å². The van der Waals surface area contributed by atoms with Gasteiger partial charge in [-0.15, -0.1) is 0 Å². The first-order valence-corrected chi connectivity index (χ1v) is 8.51. The summed E-state index contributed by atoms with van der Waals surface area (Å²) in [7, 11) is 1.19. The molecule has 7 heteroatoms. The average molecular weight is 389 g/mol. The van der Waals surface area contributed by atoms with Gasteiger partial charge in [0.15, 0.2) is 5.78 Å². The van der Waals surface area contributed by atoms with Crippen LogP contribution in [0.2, 0.25) is 0 Å². The summed E-state index contributed by atoms with van der Waals surface area (Å²) in [6.07, 6.45) is -3.16. The van der Waals surface area contributed by atoms with Crippen LogP contribution in [0, 0.1) is 0 Å². The molecule has 0 spiro atoms. The van der Waals surface area contributed by atoms with Gasteiger partial charge in [0.2, 0.25) is 0 Å². The Hall–Kier alpha value is -3.09. The molecule has 3 rings (SSSR count). The minimum Gasteiger partial charge on any atom is -0.467 e. The molecule has 1 aliphatic heterocycles. The van der Waals surface area contributed by atoms with E-state index in [0.29, 0.717) is 5.56 Å². The van der Waals surface area contributed by atoms with Crippen LogP contribution in [0.25, 0.3) is 0 Å². The second-order valence-electron chi connectivity index (χ2n) is 6.69. The van der Waals surface area contributed by atoms with Gasteiger partial charge in [-0.1, -0.05) is 48.5 Å². The third-order valence-electron chi connectivity index (χ3n) is 4.87. The van der Waals surface area contributed by atoms with Crippen molar-refractivity contribution in [3.8, 4) is 0 Å². The molecule has 0 unspecified atom stereocenters. The van der Waals surface area contributed by atoms with Crippen molar-refractivity contribution < 1.29 is 27.5 Å². The van der Waals surface area contributed by atoms with Crippen LogP contribution in [0.1, 0.15) is 34.3 Å². The lowest BCUT2D eigenvalue weighted by atomic mass is 9.76. The van der Waals surface area contributed by atoms with Crippen LogP contribution in [0.15, 0.2) is 66.4 Å². The summed E-state index contributed by atoms with van der Waals surface area (Å²) >= 11 is 0. The molecular formula is C21H18F3NO3. The van der Waals surface area contributed by atoms with E-state index in [-0.39, 0.29) is 16.9 Å². The van der Waals surface area contributed by atoms with E-state index >= 15 is 0 Å². The standard InChI is InChI=1S/C21H18F3NO3/c1-20(19(27)28-2)17(14-9-6-10-15(11-14)21(22,23)24)16(12-25-20)18(26)13-7-4-3-5-8-13/h3-12,17,25H,1-2H3/t17-,20+/m0/s1. The Labute approximate surface area is 160 Å². The summed E-state index contributed by atoms with van der Waals surface area (Å²) in [5.74, 6) is -2.00. The number of alkyl halides is 3. The smallest absolute Gasteiger partial charge is 0.416 e. The van der Waals surface area contributed by atoms with Crippen molar-refractivity contribution in [2.45, 2.75) is 24.6 Å². The molecule has 2 aromatic rings. The second-order valence-corrected chi connectivity index (χ2v) is 6.69. The molecule has 0 saturated carbocycles. The first-order chi connectivity index (χ1) is 13.2. The van der Waals surface area contributed by atoms with Crippen LogP contribution >= 0.6 is 0 Å². The van der Waals surface area contributed by atoms with E-state index in [2.05, 4.69) is 5.32 Å². The molecule has 0 aliphatic carbocycles. The molecule has 0 bridgehead atoms. The Balaban J connectivity index is 2.12. The van der Waals surface area contributed by atoms with E-state index in [0.717, 1.165) is 12.1 Å². The Morgan fingerprint density at radius 3 is 2.36 bits per heavy atom. The Bertz CT molecular complexity index is 937. The number of carbonyl (C=O) groups is 2. The number of benzene rings is 2. The summed E-state index contributed by atoms with van der Waals surface area (Å²) in [4.78, 5) is 25.5. The van der Waals surface area contributed by atoms with Crippen molar-refractivity contribution in [3.05, 3.63) is 83.1 Å². The molecule has 1 heterocycles. The molecule has 0 fully saturated rings. The number of methoxy groups -OCH3 is 1. The summed E-state index contributed by atoms with van der Waals surface area (Å²) in [5.41, 5.74) is -1.50. The number of halogens is 3. The zero-order valence-corrected chi connectivity index (χ0v) is 15.2. The first-order valence-electron chi connectivity index (χ1n) is 8.51. The largest absolute Gasteiger partial charge is 0.467 e. The van der Waals surface area contributed by atoms with Crippen molar-refractivity contribution >= 4 is 11.8 Å². The second kappa shape index (κ2) is 7.14. The van der Waals surface area contributed by atoms with Gasteiger partial charge in [-0.25, -0.2) is 4.79 Å². The lowest BCUT2D eigenvalue weighted by Crippen LogP contribution is -2.49. The topological polar surface area (TPSA) is 55.4 Å². The van der Waals surface area contributed by atoms with E-state index in [1.807, 2.05) is 0 Å².